The Bertz CT molecular complexity index is 2120. The molecule has 368 valence electrons. The molecule has 66 heavy (non-hydrogen) atoms. The van der Waals surface area contributed by atoms with E-state index in [0.717, 1.165) is 18.4 Å². The molecule has 7 N–H and O–H groups in total. The number of carbonyl (C=O) groups is 3. The molecule has 1 fully saturated rings. The lowest BCUT2D eigenvalue weighted by molar-refractivity contribution is -0.270. The zero-order valence-corrected chi connectivity index (χ0v) is 36.1. The average molecular weight is 972 g/mol. The van der Waals surface area contributed by atoms with Crippen molar-refractivity contribution in [1.29, 1.82) is 0 Å². The smallest absolute Gasteiger partial charge is 0.328 e. The number of hydrogen-bond donors (Lipinski definition) is 7. The largest absolute Gasteiger partial charge is 0.462 e. The van der Waals surface area contributed by atoms with Crippen LogP contribution in [0.15, 0.2) is 30.5 Å². The summed E-state index contributed by atoms with van der Waals surface area (Å²) in [5, 5.41) is 46.7. The summed E-state index contributed by atoms with van der Waals surface area (Å²) in [4.78, 5) is 35.9. The van der Waals surface area contributed by atoms with E-state index in [4.69, 9.17) is 28.4 Å². The Labute approximate surface area is 374 Å². The monoisotopic (exact) mass is 971 g/mol. The number of aliphatic hydroxyl groups is 3. The molecule has 28 heteroatoms. The molecule has 1 aromatic heterocycles. The molecule has 0 unspecified atom stereocenters. The predicted octanol–water partition coefficient (Wildman–Crippen LogP) is 0.625. The van der Waals surface area contributed by atoms with Gasteiger partial charge < -0.3 is 64.4 Å². The van der Waals surface area contributed by atoms with Crippen LogP contribution in [0.1, 0.15) is 25.0 Å². The molecule has 1 saturated heterocycles. The van der Waals surface area contributed by atoms with Crippen molar-refractivity contribution in [3.63, 3.8) is 0 Å². The van der Waals surface area contributed by atoms with Gasteiger partial charge in [0.2, 0.25) is 51.1 Å². The first kappa shape index (κ1) is 53.3. The summed E-state index contributed by atoms with van der Waals surface area (Å²) >= 11 is 0. The van der Waals surface area contributed by atoms with E-state index in [2.05, 4.69) is 31.0 Å². The third kappa shape index (κ3) is 17.8. The fraction of sp³-hybridized carbons (Fsp3) is 0.553. The molecule has 4 rings (SSSR count). The van der Waals surface area contributed by atoms with Crippen LogP contribution in [0.25, 0.3) is 0 Å². The number of halogens is 5. The zero-order valence-electron chi connectivity index (χ0n) is 35.3. The minimum atomic E-state index is -3.85. The first-order valence-corrected chi connectivity index (χ1v) is 22.0. The molecule has 3 aromatic rings. The minimum absolute atomic E-state index is 0.0424. The number of carbonyl (C=O) groups excluding carboxylic acids is 3. The van der Waals surface area contributed by atoms with Gasteiger partial charge in [-0.1, -0.05) is 5.21 Å². The summed E-state index contributed by atoms with van der Waals surface area (Å²) in [6.07, 6.45) is -3.70. The number of ether oxygens (including phenoxy) is 7. The number of nitrogens with zero attached hydrogens (tertiary/aromatic N) is 3. The maximum Gasteiger partial charge on any atom is 0.328 e. The van der Waals surface area contributed by atoms with Crippen LogP contribution in [0.5, 0.6) is 11.5 Å². The van der Waals surface area contributed by atoms with Crippen molar-refractivity contribution in [2.24, 2.45) is 0 Å². The molecule has 0 spiro atoms. The lowest BCUT2D eigenvalue weighted by atomic mass is 9.99. The van der Waals surface area contributed by atoms with E-state index in [1.165, 1.54) is 24.3 Å². The van der Waals surface area contributed by atoms with Crippen LogP contribution in [-0.4, -0.2) is 160 Å². The Balaban J connectivity index is 0.967. The highest BCUT2D eigenvalue weighted by molar-refractivity contribution is 7.89. The number of nitrogens with one attached hydrogen (secondary N) is 4. The number of hydrogen-bond acceptors (Lipinski definition) is 17. The Hall–Kier alpha value is -5.33. The van der Waals surface area contributed by atoms with Crippen molar-refractivity contribution in [3.05, 3.63) is 65.2 Å². The highest BCUT2D eigenvalue weighted by Crippen LogP contribution is 2.29. The molecule has 22 nitrogen and oxygen atoms in total. The molecule has 2 aromatic carbocycles. The van der Waals surface area contributed by atoms with Crippen molar-refractivity contribution in [2.75, 3.05) is 77.5 Å². The van der Waals surface area contributed by atoms with E-state index in [9.17, 15) is 60.1 Å². The van der Waals surface area contributed by atoms with E-state index >= 15 is 0 Å². The first-order valence-electron chi connectivity index (χ1n) is 20.1. The second-order valence-corrected chi connectivity index (χ2v) is 15.9. The summed E-state index contributed by atoms with van der Waals surface area (Å²) < 4.78 is 129. The van der Waals surface area contributed by atoms with Crippen molar-refractivity contribution in [2.45, 2.75) is 62.9 Å². The quantitative estimate of drug-likeness (QED) is 0.0138. The van der Waals surface area contributed by atoms with Gasteiger partial charge in [0.1, 0.15) is 30.2 Å². The summed E-state index contributed by atoms with van der Waals surface area (Å²) in [6, 6.07) is 4.41. The predicted molar refractivity (Wildman–Crippen MR) is 215 cm³/mol. The third-order valence-electron chi connectivity index (χ3n) is 8.92. The van der Waals surface area contributed by atoms with Crippen molar-refractivity contribution in [1.82, 2.24) is 30.3 Å². The van der Waals surface area contributed by atoms with Gasteiger partial charge in [-0.2, -0.15) is 8.78 Å². The number of sulfonamides is 1. The number of anilines is 1. The number of esters is 1. The number of aryl methyl sites for hydroxylation is 1. The third-order valence-corrected chi connectivity index (χ3v) is 9.48. The molecule has 0 saturated carbocycles. The van der Waals surface area contributed by atoms with Gasteiger partial charge in [-0.3, -0.25) is 4.79 Å². The van der Waals surface area contributed by atoms with Gasteiger partial charge in [-0.15, -0.1) is 5.10 Å². The van der Waals surface area contributed by atoms with Crippen LogP contribution < -0.4 is 30.1 Å². The van der Waals surface area contributed by atoms with Gasteiger partial charge in [0.15, 0.2) is 0 Å². The molecule has 4 amide bonds. The van der Waals surface area contributed by atoms with E-state index in [1.54, 1.807) is 15.6 Å². The number of rotatable bonds is 27. The maximum absolute atomic E-state index is 13.6. The number of benzene rings is 2. The van der Waals surface area contributed by atoms with Crippen LogP contribution in [0.4, 0.5) is 37.2 Å². The van der Waals surface area contributed by atoms with Crippen molar-refractivity contribution < 1.29 is 93.2 Å². The van der Waals surface area contributed by atoms with E-state index in [-0.39, 0.29) is 38.8 Å². The molecule has 0 radical (unpaired) electrons. The van der Waals surface area contributed by atoms with Crippen LogP contribution in [0, 0.1) is 29.1 Å². The zero-order chi connectivity index (χ0) is 48.2. The van der Waals surface area contributed by atoms with Crippen LogP contribution in [-0.2, 0) is 51.5 Å². The summed E-state index contributed by atoms with van der Waals surface area (Å²) in [7, 11) is -3.85. The first-order chi connectivity index (χ1) is 31.4. The van der Waals surface area contributed by atoms with Gasteiger partial charge in [0.25, 0.3) is 0 Å². The maximum atomic E-state index is 13.6. The van der Waals surface area contributed by atoms with E-state index < -0.39 is 107 Å². The van der Waals surface area contributed by atoms with E-state index in [1.807, 2.05) is 0 Å². The second-order valence-electron chi connectivity index (χ2n) is 14.1. The lowest BCUT2D eigenvalue weighted by Crippen LogP contribution is -2.61. The van der Waals surface area contributed by atoms with Gasteiger partial charge in [-0.05, 0) is 43.5 Å². The number of unbranched alkanes of at least 4 members (excludes halogenated alkanes) is 1. The number of urea groups is 2. The standard InChI is InChI=1S/C38H50F5N7O15S/c1-66(57,58)48-38(56)45-20-25-32(52)33(53)34(54)36(64-25)63-24-7-5-22(6-8-24)46-37(55)44-10-3-2-4-23-21-50(49-47-23)11-13-60-15-17-62-19-18-61-16-14-59-12-9-26(51)65-35-30(42)28(40)27(39)29(41)31(35)43/h5-8,21,25,32-34,36,52-54H,2-4,9-20H2,1H3,(H2,44,46,55)(H2,45,48,56)/t25-,32-,33+,34+,36+/m1/s1. The molecule has 0 bridgehead atoms. The Morgan fingerprint density at radius 1 is 0.758 bits per heavy atom. The normalized spacial score (nSPS) is 18.4. The van der Waals surface area contributed by atoms with Crippen molar-refractivity contribution in [3.8, 4) is 11.5 Å². The molecular formula is C38H50F5N7O15S. The molecule has 1 aliphatic rings. The topological polar surface area (TPSA) is 289 Å². The van der Waals surface area contributed by atoms with Gasteiger partial charge in [0, 0.05) is 25.0 Å². The average Bonchev–Trinajstić information content (AvgIpc) is 3.73. The SMILES string of the molecule is CS(=O)(=O)NC(=O)NC[C@H]1O[C@H](Oc2ccc(NC(=O)NCCCCc3cn(CCOCCOCCOCCOCCC(=O)Oc4c(F)c(F)c(F)c(F)c4F)nn3)cc2)[C@@H](O)[C@@H](O)[C@@H]1O. The van der Waals surface area contributed by atoms with Crippen molar-refractivity contribution >= 4 is 33.7 Å². The van der Waals surface area contributed by atoms with Crippen LogP contribution in [0.3, 0.4) is 0 Å². The molecule has 5 atom stereocenters. The number of amides is 4. The Morgan fingerprint density at radius 2 is 1.35 bits per heavy atom. The van der Waals surface area contributed by atoms with Crippen LogP contribution in [0.2, 0.25) is 0 Å². The number of aromatic nitrogens is 3. The van der Waals surface area contributed by atoms with Crippen LogP contribution >= 0.6 is 0 Å². The summed E-state index contributed by atoms with van der Waals surface area (Å²) in [5.74, 6) is -14.1. The Morgan fingerprint density at radius 3 is 1.97 bits per heavy atom. The van der Waals surface area contributed by atoms with Gasteiger partial charge >= 0.3 is 18.0 Å². The molecule has 0 aliphatic carbocycles. The fourth-order valence-corrected chi connectivity index (χ4v) is 6.03. The number of aliphatic hydroxyl groups excluding tert-OH is 3. The molecule has 2 heterocycles. The Kier molecular flexibility index (Phi) is 21.6. The van der Waals surface area contributed by atoms with Gasteiger partial charge in [0.05, 0.1) is 77.8 Å². The lowest BCUT2D eigenvalue weighted by Gasteiger charge is -2.40. The van der Waals surface area contributed by atoms with Gasteiger partial charge in [-0.25, -0.2) is 40.6 Å². The van der Waals surface area contributed by atoms with E-state index in [0.29, 0.717) is 51.4 Å². The summed E-state index contributed by atoms with van der Waals surface area (Å²) in [5.41, 5.74) is 1.18. The fourth-order valence-electron chi connectivity index (χ4n) is 5.62. The second kappa shape index (κ2) is 26.7. The minimum Gasteiger partial charge on any atom is -0.462 e. The highest BCUT2D eigenvalue weighted by Gasteiger charge is 2.45. The molecule has 1 aliphatic heterocycles. The summed E-state index contributed by atoms with van der Waals surface area (Å²) in [6.45, 7) is 1.77. The molecular weight excluding hydrogens is 922 g/mol. The highest BCUT2D eigenvalue weighted by atomic mass is 32.2.